The zero-order chi connectivity index (χ0) is 15.2. The van der Waals surface area contributed by atoms with E-state index < -0.39 is 0 Å². The lowest BCUT2D eigenvalue weighted by Crippen LogP contribution is -2.30. The number of halogens is 1. The molecule has 1 aliphatic rings. The lowest BCUT2D eigenvalue weighted by atomic mass is 9.98. The molecular weight excluding hydrogens is 286 g/mol. The number of aliphatic hydroxyl groups excluding tert-OH is 1. The molecule has 4 heteroatoms. The van der Waals surface area contributed by atoms with Gasteiger partial charge in [0.1, 0.15) is 6.61 Å². The lowest BCUT2D eigenvalue weighted by molar-refractivity contribution is 0.0944. The first-order chi connectivity index (χ1) is 10.1. The van der Waals surface area contributed by atoms with Gasteiger partial charge in [-0.1, -0.05) is 43.2 Å². The molecule has 0 saturated heterocycles. The van der Waals surface area contributed by atoms with Crippen molar-refractivity contribution in [1.29, 1.82) is 0 Å². The highest BCUT2D eigenvalue weighted by atomic mass is 35.5. The molecule has 1 saturated carbocycles. The van der Waals surface area contributed by atoms with Crippen molar-refractivity contribution in [1.82, 2.24) is 5.32 Å². The fraction of sp³-hybridized carbons (Fsp3) is 0.471. The fourth-order valence-electron chi connectivity index (χ4n) is 2.74. The van der Waals surface area contributed by atoms with Gasteiger partial charge in [-0.2, -0.15) is 0 Å². The van der Waals surface area contributed by atoms with Crippen LogP contribution < -0.4 is 5.32 Å². The van der Waals surface area contributed by atoms with Crippen LogP contribution in [0.2, 0.25) is 5.02 Å². The summed E-state index contributed by atoms with van der Waals surface area (Å²) in [5.74, 6) is 6.46. The summed E-state index contributed by atoms with van der Waals surface area (Å²) in [5, 5.41) is 12.1. The Morgan fingerprint density at radius 2 is 2.29 bits per heavy atom. The molecule has 2 atom stereocenters. The molecule has 1 fully saturated rings. The Morgan fingerprint density at radius 3 is 2.90 bits per heavy atom. The molecule has 2 rings (SSSR count). The number of nitrogens with one attached hydrogen (secondary N) is 1. The molecule has 1 aliphatic carbocycles. The first-order valence-electron chi connectivity index (χ1n) is 7.29. The average molecular weight is 306 g/mol. The first-order valence-corrected chi connectivity index (χ1v) is 7.67. The Morgan fingerprint density at radius 1 is 1.48 bits per heavy atom. The minimum absolute atomic E-state index is 0.0994. The second kappa shape index (κ2) is 7.49. The molecule has 1 amide bonds. The highest BCUT2D eigenvalue weighted by Crippen LogP contribution is 2.30. The predicted octanol–water partition coefficient (Wildman–Crippen LogP) is 2.85. The molecular formula is C17H20ClNO2. The van der Waals surface area contributed by atoms with Crippen molar-refractivity contribution in [2.75, 3.05) is 13.2 Å². The zero-order valence-electron chi connectivity index (χ0n) is 12.2. The maximum Gasteiger partial charge on any atom is 0.251 e. The largest absolute Gasteiger partial charge is 0.384 e. The molecule has 0 radical (unpaired) electrons. The van der Waals surface area contributed by atoms with E-state index in [-0.39, 0.29) is 12.5 Å². The van der Waals surface area contributed by atoms with Gasteiger partial charge >= 0.3 is 0 Å². The van der Waals surface area contributed by atoms with Crippen LogP contribution in [0.4, 0.5) is 0 Å². The van der Waals surface area contributed by atoms with Gasteiger partial charge in [0.05, 0.1) is 5.02 Å². The van der Waals surface area contributed by atoms with E-state index in [1.54, 1.807) is 18.2 Å². The Kier molecular flexibility index (Phi) is 5.67. The summed E-state index contributed by atoms with van der Waals surface area (Å²) >= 11 is 6.10. The van der Waals surface area contributed by atoms with Gasteiger partial charge in [-0.15, -0.1) is 0 Å². The van der Waals surface area contributed by atoms with Crippen LogP contribution >= 0.6 is 11.6 Å². The van der Waals surface area contributed by atoms with E-state index in [0.29, 0.717) is 28.0 Å². The van der Waals surface area contributed by atoms with E-state index in [4.69, 9.17) is 16.7 Å². The van der Waals surface area contributed by atoms with Crippen LogP contribution in [0.25, 0.3) is 0 Å². The third-order valence-corrected chi connectivity index (χ3v) is 4.41. The van der Waals surface area contributed by atoms with Gasteiger partial charge in [-0.25, -0.2) is 0 Å². The van der Waals surface area contributed by atoms with E-state index in [0.717, 1.165) is 6.54 Å². The van der Waals surface area contributed by atoms with Gasteiger partial charge in [0.2, 0.25) is 0 Å². The first kappa shape index (κ1) is 15.9. The Bertz CT molecular complexity index is 574. The summed E-state index contributed by atoms with van der Waals surface area (Å²) < 4.78 is 0. The van der Waals surface area contributed by atoms with Crippen LogP contribution in [-0.2, 0) is 0 Å². The third-order valence-electron chi connectivity index (χ3n) is 4.10. The van der Waals surface area contributed by atoms with E-state index >= 15 is 0 Å². The standard InChI is InChI=1S/C17H20ClNO2/c1-12-4-2-5-15(12)11-19-17(21)14-8-7-13(6-3-9-20)16(18)10-14/h7-8,10,12,15,20H,2,4-5,9,11H2,1H3,(H,19,21). The summed E-state index contributed by atoms with van der Waals surface area (Å²) in [4.78, 5) is 12.1. The monoisotopic (exact) mass is 305 g/mol. The van der Waals surface area contributed by atoms with Crippen LogP contribution in [0.5, 0.6) is 0 Å². The molecule has 3 nitrogen and oxygen atoms in total. The predicted molar refractivity (Wildman–Crippen MR) is 84.3 cm³/mol. The second-order valence-electron chi connectivity index (χ2n) is 5.53. The molecule has 2 unspecified atom stereocenters. The summed E-state index contributed by atoms with van der Waals surface area (Å²) in [6.07, 6.45) is 3.70. The van der Waals surface area contributed by atoms with Crippen LogP contribution in [0, 0.1) is 23.7 Å². The SMILES string of the molecule is CC1CCCC1CNC(=O)c1ccc(C#CCO)c(Cl)c1. The lowest BCUT2D eigenvalue weighted by Gasteiger charge is -2.16. The van der Waals surface area contributed by atoms with Crippen molar-refractivity contribution >= 4 is 17.5 Å². The number of hydrogen-bond donors (Lipinski definition) is 2. The molecule has 2 N–H and O–H groups in total. The Labute approximate surface area is 130 Å². The van der Waals surface area contributed by atoms with Crippen molar-refractivity contribution in [2.45, 2.75) is 26.2 Å². The van der Waals surface area contributed by atoms with E-state index in [1.165, 1.54) is 19.3 Å². The fourth-order valence-corrected chi connectivity index (χ4v) is 2.97. The van der Waals surface area contributed by atoms with E-state index in [2.05, 4.69) is 24.1 Å². The van der Waals surface area contributed by atoms with Crippen LogP contribution in [0.1, 0.15) is 42.1 Å². The van der Waals surface area contributed by atoms with Crippen molar-refractivity contribution in [2.24, 2.45) is 11.8 Å². The normalized spacial score (nSPS) is 20.7. The zero-order valence-corrected chi connectivity index (χ0v) is 12.9. The van der Waals surface area contributed by atoms with Gasteiger partial charge in [-0.3, -0.25) is 4.79 Å². The third kappa shape index (κ3) is 4.23. The topological polar surface area (TPSA) is 49.3 Å². The molecule has 0 aliphatic heterocycles. The second-order valence-corrected chi connectivity index (χ2v) is 5.94. The van der Waals surface area contributed by atoms with Crippen LogP contribution in [0.15, 0.2) is 18.2 Å². The molecule has 0 aromatic heterocycles. The molecule has 112 valence electrons. The molecule has 0 heterocycles. The number of aliphatic hydroxyl groups is 1. The minimum Gasteiger partial charge on any atom is -0.384 e. The highest BCUT2D eigenvalue weighted by molar-refractivity contribution is 6.32. The highest BCUT2D eigenvalue weighted by Gasteiger charge is 2.23. The number of hydrogen-bond acceptors (Lipinski definition) is 2. The van der Waals surface area contributed by atoms with Crippen molar-refractivity contribution in [3.8, 4) is 11.8 Å². The van der Waals surface area contributed by atoms with Crippen molar-refractivity contribution < 1.29 is 9.90 Å². The molecule has 0 spiro atoms. The Hall–Kier alpha value is -1.50. The molecule has 0 bridgehead atoms. The molecule has 1 aromatic carbocycles. The maximum atomic E-state index is 12.1. The molecule has 21 heavy (non-hydrogen) atoms. The summed E-state index contributed by atoms with van der Waals surface area (Å²) in [7, 11) is 0. The van der Waals surface area contributed by atoms with Crippen LogP contribution in [-0.4, -0.2) is 24.2 Å². The summed E-state index contributed by atoms with van der Waals surface area (Å²) in [6.45, 7) is 2.76. The summed E-state index contributed by atoms with van der Waals surface area (Å²) in [6, 6.07) is 5.04. The van der Waals surface area contributed by atoms with Gasteiger partial charge in [-0.05, 0) is 36.5 Å². The Balaban J connectivity index is 1.97. The van der Waals surface area contributed by atoms with E-state index in [9.17, 15) is 4.79 Å². The minimum atomic E-state index is -0.210. The number of rotatable bonds is 3. The number of carbonyl (C=O) groups is 1. The number of benzene rings is 1. The number of amides is 1. The van der Waals surface area contributed by atoms with Crippen LogP contribution in [0.3, 0.4) is 0 Å². The van der Waals surface area contributed by atoms with E-state index in [1.807, 2.05) is 0 Å². The van der Waals surface area contributed by atoms with Gasteiger partial charge in [0.15, 0.2) is 0 Å². The average Bonchev–Trinajstić information content (AvgIpc) is 2.88. The van der Waals surface area contributed by atoms with Crippen molar-refractivity contribution in [3.63, 3.8) is 0 Å². The molecule has 1 aromatic rings. The van der Waals surface area contributed by atoms with Gasteiger partial charge in [0.25, 0.3) is 5.91 Å². The quantitative estimate of drug-likeness (QED) is 0.844. The van der Waals surface area contributed by atoms with Gasteiger partial charge in [0, 0.05) is 17.7 Å². The van der Waals surface area contributed by atoms with Gasteiger partial charge < -0.3 is 10.4 Å². The van der Waals surface area contributed by atoms with Crippen molar-refractivity contribution in [3.05, 3.63) is 34.3 Å². The number of carbonyl (C=O) groups excluding carboxylic acids is 1. The summed E-state index contributed by atoms with van der Waals surface area (Å²) in [5.41, 5.74) is 1.16. The smallest absolute Gasteiger partial charge is 0.251 e. The maximum absolute atomic E-state index is 12.1.